The Balaban J connectivity index is 1.32. The minimum absolute atomic E-state index is 0.00931. The second-order valence-electron chi connectivity index (χ2n) is 10.2. The number of hydrogen-bond donors (Lipinski definition) is 1. The van der Waals surface area contributed by atoms with Crippen molar-refractivity contribution in [1.82, 2.24) is 19.7 Å². The summed E-state index contributed by atoms with van der Waals surface area (Å²) in [6.07, 6.45) is 2.49. The molecule has 0 bridgehead atoms. The number of pyridine rings is 1. The summed E-state index contributed by atoms with van der Waals surface area (Å²) in [6.45, 7) is 4.97. The summed E-state index contributed by atoms with van der Waals surface area (Å²) in [6, 6.07) is 11.8. The largest absolute Gasteiger partial charge is 0.419 e. The Labute approximate surface area is 196 Å². The van der Waals surface area contributed by atoms with Crippen LogP contribution in [0.25, 0.3) is 11.3 Å². The smallest absolute Gasteiger partial charge is 0.383 e. The molecular weight excluding hydrogens is 439 g/mol. The van der Waals surface area contributed by atoms with Gasteiger partial charge in [-0.15, -0.1) is 0 Å². The Hall–Kier alpha value is -2.87. The van der Waals surface area contributed by atoms with E-state index in [4.69, 9.17) is 5.73 Å². The van der Waals surface area contributed by atoms with Crippen LogP contribution in [-0.2, 0) is 23.7 Å². The zero-order valence-electron chi connectivity index (χ0n) is 19.2. The van der Waals surface area contributed by atoms with E-state index in [2.05, 4.69) is 46.2 Å². The summed E-state index contributed by atoms with van der Waals surface area (Å²) < 4.78 is 42.1. The molecule has 3 aromatic rings. The van der Waals surface area contributed by atoms with Gasteiger partial charge in [-0.2, -0.15) is 18.3 Å². The van der Waals surface area contributed by atoms with Gasteiger partial charge in [0.05, 0.1) is 11.3 Å². The Bertz CT molecular complexity index is 1260. The number of hydrogen-bond acceptors (Lipinski definition) is 4. The fraction of sp³-hybridized carbons (Fsp3) is 0.462. The average molecular weight is 468 g/mol. The van der Waals surface area contributed by atoms with Gasteiger partial charge in [0.1, 0.15) is 5.82 Å². The van der Waals surface area contributed by atoms with Crippen LogP contribution >= 0.6 is 0 Å². The first-order chi connectivity index (χ1) is 16.2. The number of likely N-dealkylation sites (tertiary alicyclic amines) is 1. The number of aromatic nitrogens is 3. The normalized spacial score (nSPS) is 23.9. The second-order valence-corrected chi connectivity index (χ2v) is 10.2. The van der Waals surface area contributed by atoms with Crippen LogP contribution in [0.1, 0.15) is 54.5 Å². The van der Waals surface area contributed by atoms with E-state index in [9.17, 15) is 13.2 Å². The molecule has 1 spiro atoms. The van der Waals surface area contributed by atoms with Crippen molar-refractivity contribution < 1.29 is 13.2 Å². The SMILES string of the molecule is Cc1ccccc1C1(N2CCC3(CCn4nc(-c5cnc(N)c(C(F)(F)F)c5)cc43)C2)CCC1. The van der Waals surface area contributed by atoms with Crippen LogP contribution in [0.5, 0.6) is 0 Å². The molecule has 1 atom stereocenters. The molecule has 34 heavy (non-hydrogen) atoms. The lowest BCUT2D eigenvalue weighted by molar-refractivity contribution is -0.137. The van der Waals surface area contributed by atoms with Crippen LogP contribution in [0.3, 0.4) is 0 Å². The van der Waals surface area contributed by atoms with Crippen molar-refractivity contribution in [3.05, 3.63) is 65.0 Å². The van der Waals surface area contributed by atoms with Gasteiger partial charge in [-0.3, -0.25) is 9.58 Å². The molecule has 2 fully saturated rings. The van der Waals surface area contributed by atoms with Gasteiger partial charge in [0, 0.05) is 48.0 Å². The van der Waals surface area contributed by atoms with Gasteiger partial charge in [0.25, 0.3) is 0 Å². The third kappa shape index (κ3) is 3.11. The van der Waals surface area contributed by atoms with E-state index in [1.54, 1.807) is 0 Å². The van der Waals surface area contributed by atoms with E-state index in [0.717, 1.165) is 44.2 Å². The first-order valence-electron chi connectivity index (χ1n) is 11.9. The van der Waals surface area contributed by atoms with E-state index in [1.165, 1.54) is 36.6 Å². The molecule has 4 heterocycles. The molecule has 1 aliphatic carbocycles. The number of alkyl halides is 3. The van der Waals surface area contributed by atoms with Gasteiger partial charge in [-0.1, -0.05) is 24.3 Å². The minimum atomic E-state index is -4.55. The standard InChI is InChI=1S/C26H28F3N5/c1-17-5-2-3-6-19(17)25(7-4-8-25)33-11-9-24(16-33)10-12-34-22(24)14-21(32-34)18-13-20(26(27,28)29)23(30)31-15-18/h2-3,5-6,13-15H,4,7-12,16H2,1H3,(H2,30,31). The van der Waals surface area contributed by atoms with Crippen molar-refractivity contribution >= 4 is 5.82 Å². The average Bonchev–Trinajstić information content (AvgIpc) is 3.46. The molecule has 1 unspecified atom stereocenters. The van der Waals surface area contributed by atoms with Crippen LogP contribution in [0.4, 0.5) is 19.0 Å². The first kappa shape index (κ1) is 21.6. The van der Waals surface area contributed by atoms with Gasteiger partial charge >= 0.3 is 6.18 Å². The molecule has 2 N–H and O–H groups in total. The summed E-state index contributed by atoms with van der Waals surface area (Å²) in [5.74, 6) is -0.507. The Kier molecular flexibility index (Phi) is 4.66. The highest BCUT2D eigenvalue weighted by Crippen LogP contribution is 2.53. The van der Waals surface area contributed by atoms with E-state index >= 15 is 0 Å². The zero-order valence-corrected chi connectivity index (χ0v) is 19.2. The summed E-state index contributed by atoms with van der Waals surface area (Å²) in [7, 11) is 0. The van der Waals surface area contributed by atoms with Crippen molar-refractivity contribution in [3.63, 3.8) is 0 Å². The summed E-state index contributed by atoms with van der Waals surface area (Å²) in [4.78, 5) is 6.47. The Morgan fingerprint density at radius 3 is 2.50 bits per heavy atom. The van der Waals surface area contributed by atoms with Crippen LogP contribution in [0.15, 0.2) is 42.6 Å². The molecule has 6 rings (SSSR count). The highest BCUT2D eigenvalue weighted by Gasteiger charge is 2.53. The van der Waals surface area contributed by atoms with Crippen LogP contribution in [-0.4, -0.2) is 32.8 Å². The summed E-state index contributed by atoms with van der Waals surface area (Å²) in [5.41, 5.74) is 9.48. The number of aryl methyl sites for hydroxylation is 2. The Morgan fingerprint density at radius 2 is 1.79 bits per heavy atom. The predicted octanol–water partition coefficient (Wildman–Crippen LogP) is 5.28. The van der Waals surface area contributed by atoms with Crippen molar-refractivity contribution in [1.29, 1.82) is 0 Å². The van der Waals surface area contributed by atoms with Gasteiger partial charge in [0.2, 0.25) is 0 Å². The van der Waals surface area contributed by atoms with Crippen molar-refractivity contribution in [2.45, 2.75) is 62.7 Å². The maximum Gasteiger partial charge on any atom is 0.419 e. The van der Waals surface area contributed by atoms with Crippen molar-refractivity contribution in [2.24, 2.45) is 0 Å². The molecule has 1 saturated heterocycles. The number of nitrogens with zero attached hydrogens (tertiary/aromatic N) is 4. The molecule has 2 aromatic heterocycles. The van der Waals surface area contributed by atoms with Gasteiger partial charge in [0.15, 0.2) is 0 Å². The summed E-state index contributed by atoms with van der Waals surface area (Å²) >= 11 is 0. The number of nitrogen functional groups attached to an aromatic ring is 1. The lowest BCUT2D eigenvalue weighted by atomic mass is 9.69. The quantitative estimate of drug-likeness (QED) is 0.569. The lowest BCUT2D eigenvalue weighted by Gasteiger charge is -2.50. The molecule has 178 valence electrons. The van der Waals surface area contributed by atoms with Crippen molar-refractivity contribution in [3.8, 4) is 11.3 Å². The van der Waals surface area contributed by atoms with Crippen LogP contribution in [0.2, 0.25) is 0 Å². The topological polar surface area (TPSA) is 60.0 Å². The molecule has 0 radical (unpaired) electrons. The predicted molar refractivity (Wildman–Crippen MR) is 124 cm³/mol. The van der Waals surface area contributed by atoms with E-state index < -0.39 is 17.6 Å². The van der Waals surface area contributed by atoms with E-state index in [0.29, 0.717) is 11.3 Å². The molecule has 5 nitrogen and oxygen atoms in total. The number of nitrogens with two attached hydrogens (primary N) is 1. The van der Waals surface area contributed by atoms with Gasteiger partial charge in [-0.25, -0.2) is 4.98 Å². The fourth-order valence-electron chi connectivity index (χ4n) is 6.46. The maximum atomic E-state index is 13.4. The zero-order chi connectivity index (χ0) is 23.7. The number of anilines is 1. The molecule has 1 aromatic carbocycles. The third-order valence-corrected chi connectivity index (χ3v) is 8.43. The second kappa shape index (κ2) is 7.31. The Morgan fingerprint density at radius 1 is 1.03 bits per heavy atom. The highest BCUT2D eigenvalue weighted by atomic mass is 19.4. The molecule has 2 aliphatic heterocycles. The van der Waals surface area contributed by atoms with Crippen LogP contribution < -0.4 is 5.73 Å². The molecule has 0 amide bonds. The minimum Gasteiger partial charge on any atom is -0.383 e. The fourth-order valence-corrected chi connectivity index (χ4v) is 6.46. The first-order valence-corrected chi connectivity index (χ1v) is 11.9. The molecule has 1 saturated carbocycles. The monoisotopic (exact) mass is 467 g/mol. The van der Waals surface area contributed by atoms with Crippen LogP contribution in [0, 0.1) is 6.92 Å². The van der Waals surface area contributed by atoms with E-state index in [-0.39, 0.29) is 11.0 Å². The third-order valence-electron chi connectivity index (χ3n) is 8.43. The number of rotatable bonds is 3. The van der Waals surface area contributed by atoms with Gasteiger partial charge in [-0.05, 0) is 62.3 Å². The number of benzene rings is 1. The molecule has 3 aliphatic rings. The van der Waals surface area contributed by atoms with Crippen molar-refractivity contribution in [2.75, 3.05) is 18.8 Å². The lowest BCUT2D eigenvalue weighted by Crippen LogP contribution is -2.51. The van der Waals surface area contributed by atoms with Gasteiger partial charge < -0.3 is 5.73 Å². The number of halogens is 3. The van der Waals surface area contributed by atoms with E-state index in [1.807, 2.05) is 10.7 Å². The number of fused-ring (bicyclic) bond motifs is 2. The molecular formula is C26H28F3N5. The maximum absolute atomic E-state index is 13.4. The summed E-state index contributed by atoms with van der Waals surface area (Å²) in [5, 5.41) is 4.68. The molecule has 8 heteroatoms. The highest BCUT2D eigenvalue weighted by molar-refractivity contribution is 5.63.